The number of rotatable bonds is 1. The van der Waals surface area contributed by atoms with Crippen LogP contribution in [-0.2, 0) is 41.7 Å². The van der Waals surface area contributed by atoms with E-state index in [0.29, 0.717) is 0 Å². The van der Waals surface area contributed by atoms with E-state index in [2.05, 4.69) is 0 Å². The Morgan fingerprint density at radius 1 is 1.70 bits per heavy atom. The molecule has 0 aromatic rings. The van der Waals surface area contributed by atoms with Crippen molar-refractivity contribution in [2.24, 2.45) is 0 Å². The van der Waals surface area contributed by atoms with Gasteiger partial charge in [-0.05, 0) is 0 Å². The van der Waals surface area contributed by atoms with Crippen molar-refractivity contribution in [3.05, 3.63) is 22.2 Å². The average Bonchev–Trinajstić information content (AvgIpc) is 2.37. The van der Waals surface area contributed by atoms with Crippen molar-refractivity contribution in [1.29, 1.82) is 0 Å². The number of carbonyl (C=O) groups excluding carboxylic acids is 1. The minimum Gasteiger partial charge on any atom is 0 e. The van der Waals surface area contributed by atoms with Crippen LogP contribution in [0.25, 0.3) is 0 Å². The summed E-state index contributed by atoms with van der Waals surface area (Å²) in [4.78, 5) is 10.1. The quantitative estimate of drug-likeness (QED) is 0.540. The van der Waals surface area contributed by atoms with Gasteiger partial charge in [0.25, 0.3) is 0 Å². The molecule has 0 N–H and O–H groups in total. The van der Waals surface area contributed by atoms with Crippen molar-refractivity contribution in [1.82, 2.24) is 0 Å². The summed E-state index contributed by atoms with van der Waals surface area (Å²) in [5.41, 5.74) is 0. The first-order valence-electron chi connectivity index (χ1n) is 2.48. The molecule has 0 heterocycles. The van der Waals surface area contributed by atoms with Crippen LogP contribution >= 0.6 is 9.42 Å². The molecule has 1 rings (SSSR count). The molecule has 0 spiro atoms. The Labute approximate surface area is 83.4 Å². The molecule has 0 fully saturated rings. The Hall–Kier alpha value is 0.727. The van der Waals surface area contributed by atoms with E-state index in [1.54, 1.807) is 0 Å². The minimum atomic E-state index is -2.26. The molecule has 0 amide bonds. The van der Waals surface area contributed by atoms with Crippen molar-refractivity contribution >= 4 is 13.7 Å². The van der Waals surface area contributed by atoms with Crippen LogP contribution in [-0.4, -0.2) is 4.27 Å². The van der Waals surface area contributed by atoms with Gasteiger partial charge in [0, 0.05) is 21.1 Å². The number of allylic oxidation sites excluding steroid dienone is 4. The molecule has 0 radical (unpaired) electrons. The summed E-state index contributed by atoms with van der Waals surface area (Å²) in [6, 6.07) is 0. The topological polar surface area (TPSA) is 17.1 Å². The molecule has 0 unspecified atom stereocenters. The predicted octanol–water partition coefficient (Wildman–Crippen LogP) is 1.67. The normalized spacial score (nSPS) is 14.4. The molecule has 0 atom stereocenters. The maximum Gasteiger partial charge on any atom is 0 e. The molecule has 1 aliphatic carbocycles. The van der Waals surface area contributed by atoms with Crippen molar-refractivity contribution in [2.45, 2.75) is 6.42 Å². The molecule has 0 aromatic carbocycles. The third-order valence-corrected chi connectivity index (χ3v) is 6.45. The Bertz CT molecular complexity index is 226. The maximum absolute atomic E-state index is 10.1. The van der Waals surface area contributed by atoms with E-state index in [-0.39, 0.29) is 21.1 Å². The van der Waals surface area contributed by atoms with E-state index in [4.69, 9.17) is 9.42 Å². The maximum atomic E-state index is 10.1. The number of hydrogen-bond acceptors (Lipinski definition) is 1. The van der Waals surface area contributed by atoms with Crippen LogP contribution in [0.15, 0.2) is 22.2 Å². The number of halogens is 1. The Balaban J connectivity index is 0.000000810. The molecule has 10 heavy (non-hydrogen) atoms. The summed E-state index contributed by atoms with van der Waals surface area (Å²) >= 11 is -2.26. The molecule has 0 bridgehead atoms. The monoisotopic (exact) mass is 496 g/mol. The van der Waals surface area contributed by atoms with Gasteiger partial charge in [0.05, 0.1) is 0 Å². The molecule has 4 heteroatoms. The van der Waals surface area contributed by atoms with Crippen molar-refractivity contribution in [3.8, 4) is 0 Å². The fraction of sp³-hybridized carbons (Fsp3) is 0.167. The van der Waals surface area contributed by atoms with Crippen LogP contribution in [0.2, 0.25) is 0 Å². The van der Waals surface area contributed by atoms with Gasteiger partial charge in [0.15, 0.2) is 0 Å². The molecule has 0 saturated heterocycles. The Morgan fingerprint density at radius 2 is 2.40 bits per heavy atom. The predicted molar refractivity (Wildman–Crippen MR) is 33.4 cm³/mol. The second-order valence-corrected chi connectivity index (χ2v) is 8.46. The zero-order valence-corrected chi connectivity index (χ0v) is 11.7. The van der Waals surface area contributed by atoms with Gasteiger partial charge in [-0.1, -0.05) is 0 Å². The van der Waals surface area contributed by atoms with E-state index in [1.165, 1.54) is 0 Å². The molecular weight excluding hydrogens is 491 g/mol. The first kappa shape index (κ1) is 10.7. The molecule has 0 aromatic heterocycles. The first-order chi connectivity index (χ1) is 4.34. The molecule has 54 valence electrons. The average molecular weight is 496 g/mol. The second-order valence-electron chi connectivity index (χ2n) is 1.60. The summed E-state index contributed by atoms with van der Waals surface area (Å²) in [5, 5.41) is 0. The summed E-state index contributed by atoms with van der Waals surface area (Å²) < 4.78 is 3.04. The van der Waals surface area contributed by atoms with Crippen molar-refractivity contribution < 1.29 is 41.7 Å². The van der Waals surface area contributed by atoms with Gasteiger partial charge in [-0.2, -0.15) is 0 Å². The molecule has 1 nitrogen and oxygen atoms in total. The Morgan fingerprint density at radius 3 is 2.80 bits per heavy atom. The van der Waals surface area contributed by atoms with Gasteiger partial charge < -0.3 is 0 Å². The zero-order chi connectivity index (χ0) is 6.69. The third-order valence-electron chi connectivity index (χ3n) is 1.04. The Kier molecular flexibility index (Phi) is 5.78. The summed E-state index contributed by atoms with van der Waals surface area (Å²) in [6.45, 7) is 0. The summed E-state index contributed by atoms with van der Waals surface area (Å²) in [7, 11) is 5.73. The number of hydrogen-bond donors (Lipinski definition) is 0. The van der Waals surface area contributed by atoms with Crippen molar-refractivity contribution in [2.75, 3.05) is 0 Å². The smallest absolute Gasteiger partial charge is 0 e. The summed E-state index contributed by atoms with van der Waals surface area (Å²) in [6.07, 6.45) is 6.77. The second kappa shape index (κ2) is 5.39. The zero-order valence-electron chi connectivity index (χ0n) is 5.04. The van der Waals surface area contributed by atoms with Crippen LogP contribution < -0.4 is 0 Å². The van der Waals surface area contributed by atoms with E-state index >= 15 is 0 Å². The van der Waals surface area contributed by atoms with E-state index < -0.39 is 15.8 Å². The third kappa shape index (κ3) is 2.77. The van der Waals surface area contributed by atoms with E-state index in [9.17, 15) is 4.79 Å². The molecule has 0 saturated carbocycles. The van der Waals surface area contributed by atoms with Crippen molar-refractivity contribution in [3.63, 3.8) is 0 Å². The fourth-order valence-electron chi connectivity index (χ4n) is 0.614. The molecular formula is C6H5ClOW2. The molecule has 0 aliphatic heterocycles. The van der Waals surface area contributed by atoms with Crippen LogP contribution in [0.5, 0.6) is 0 Å². The largest absolute Gasteiger partial charge is 0 e. The van der Waals surface area contributed by atoms with E-state index in [1.807, 2.05) is 22.5 Å². The van der Waals surface area contributed by atoms with Crippen LogP contribution in [0.4, 0.5) is 0 Å². The summed E-state index contributed by atoms with van der Waals surface area (Å²) in [5.74, 6) is 0. The first-order valence-corrected chi connectivity index (χ1v) is 9.05. The van der Waals surface area contributed by atoms with E-state index in [0.717, 1.165) is 10.4 Å². The van der Waals surface area contributed by atoms with Crippen LogP contribution in [0.3, 0.4) is 0 Å². The SMILES string of the molecule is O=[C]=[W]([Cl])[C]1=CC=CC1.[W]. The fourth-order valence-corrected chi connectivity index (χ4v) is 3.52. The van der Waals surface area contributed by atoms with Gasteiger partial charge in [0.1, 0.15) is 0 Å². The van der Waals surface area contributed by atoms with Gasteiger partial charge in [-0.3, -0.25) is 0 Å². The van der Waals surface area contributed by atoms with Gasteiger partial charge in [0.2, 0.25) is 0 Å². The van der Waals surface area contributed by atoms with Crippen LogP contribution in [0, 0.1) is 0 Å². The minimum absolute atomic E-state index is 0. The standard InChI is InChI=1S/C5H5.CO.ClH.2W/c1-2-4-5-3-1;1-2;;;/h1-3H,4H2;;1H;;/q;;;;+1/p-1. The van der Waals surface area contributed by atoms with Gasteiger partial charge in [-0.15, -0.1) is 0 Å². The molecule has 1 aliphatic rings. The van der Waals surface area contributed by atoms with Gasteiger partial charge >= 0.3 is 62.9 Å². The van der Waals surface area contributed by atoms with Crippen LogP contribution in [0.1, 0.15) is 6.42 Å². The van der Waals surface area contributed by atoms with Gasteiger partial charge in [-0.25, -0.2) is 0 Å².